The monoisotopic (exact) mass is 881 g/mol. The molecule has 1 unspecified atom stereocenters. The molecule has 1 atom stereocenters. The van der Waals surface area contributed by atoms with Crippen molar-refractivity contribution in [3.8, 4) is 0 Å². The van der Waals surface area contributed by atoms with Gasteiger partial charge in [-0.2, -0.15) is 0 Å². The van der Waals surface area contributed by atoms with E-state index in [1.807, 2.05) is 48.6 Å². The highest BCUT2D eigenvalue weighted by molar-refractivity contribution is 5.71. The van der Waals surface area contributed by atoms with Gasteiger partial charge in [0, 0.05) is 19.3 Å². The Morgan fingerprint density at radius 3 is 1.30 bits per heavy atom. The van der Waals surface area contributed by atoms with Gasteiger partial charge in [-0.3, -0.25) is 14.4 Å². The molecule has 0 saturated carbocycles. The van der Waals surface area contributed by atoms with Crippen molar-refractivity contribution < 1.29 is 28.6 Å². The summed E-state index contributed by atoms with van der Waals surface area (Å²) in [6, 6.07) is 0. The van der Waals surface area contributed by atoms with Gasteiger partial charge in [0.15, 0.2) is 6.10 Å². The Balaban J connectivity index is 4.57. The molecule has 6 nitrogen and oxygen atoms in total. The van der Waals surface area contributed by atoms with E-state index in [9.17, 15) is 14.4 Å². The van der Waals surface area contributed by atoms with Crippen LogP contribution in [0.1, 0.15) is 181 Å². The van der Waals surface area contributed by atoms with E-state index in [0.717, 1.165) is 96.3 Å². The van der Waals surface area contributed by atoms with E-state index in [1.165, 1.54) is 32.1 Å². The second-order valence-corrected chi connectivity index (χ2v) is 15.8. The largest absolute Gasteiger partial charge is 0.462 e. The Hall–Kier alpha value is -4.71. The molecule has 0 bridgehead atoms. The van der Waals surface area contributed by atoms with Crippen LogP contribution in [0.3, 0.4) is 0 Å². The van der Waals surface area contributed by atoms with E-state index in [2.05, 4.69) is 118 Å². The van der Waals surface area contributed by atoms with E-state index in [0.29, 0.717) is 12.8 Å². The van der Waals surface area contributed by atoms with Crippen molar-refractivity contribution >= 4 is 17.9 Å². The molecule has 0 heterocycles. The Morgan fingerprint density at radius 1 is 0.344 bits per heavy atom. The molecule has 0 aromatic carbocycles. The molecule has 0 aliphatic rings. The molecule has 0 aliphatic heterocycles. The lowest BCUT2D eigenvalue weighted by Crippen LogP contribution is -2.30. The predicted octanol–water partition coefficient (Wildman–Crippen LogP) is 16.5. The van der Waals surface area contributed by atoms with Crippen LogP contribution in [0, 0.1) is 0 Å². The normalized spacial score (nSPS) is 13.4. The van der Waals surface area contributed by atoms with Gasteiger partial charge in [-0.25, -0.2) is 0 Å². The third kappa shape index (κ3) is 48.3. The summed E-state index contributed by atoms with van der Waals surface area (Å²) >= 11 is 0. The molecule has 0 spiro atoms. The Morgan fingerprint density at radius 2 is 0.750 bits per heavy atom. The van der Waals surface area contributed by atoms with Crippen LogP contribution >= 0.6 is 0 Å². The minimum Gasteiger partial charge on any atom is -0.462 e. The maximum Gasteiger partial charge on any atom is 0.306 e. The van der Waals surface area contributed by atoms with Crippen LogP contribution in [0.2, 0.25) is 0 Å². The first kappa shape index (κ1) is 59.3. The molecule has 356 valence electrons. The van der Waals surface area contributed by atoms with Gasteiger partial charge in [-0.1, -0.05) is 212 Å². The molecular formula is C58H88O6. The zero-order chi connectivity index (χ0) is 46.5. The number of ether oxygens (including phenoxy) is 3. The molecule has 0 saturated heterocycles. The average molecular weight is 881 g/mol. The first-order chi connectivity index (χ1) is 31.5. The molecule has 0 fully saturated rings. The molecule has 0 radical (unpaired) electrons. The summed E-state index contributed by atoms with van der Waals surface area (Å²) in [5.41, 5.74) is 0. The Labute approximate surface area is 391 Å². The standard InChI is InChI=1S/C58H88O6/c1-4-7-10-13-16-19-21-23-25-27-29-31-32-34-36-39-42-45-48-51-57(60)63-54-55(53-62-56(59)50-47-44-41-38-18-15-12-9-6-3)64-58(61)52-49-46-43-40-37-35-33-30-28-26-24-22-20-17-14-11-8-5-2/h7,10-11,14,16-17,19-20,22-26,28-31,33-34,36,38,41-42,45,55H,4-6,8-9,12-13,15,18,21,27,32,35,37,39-40,43-44,46-54H2,1-3H3/b10-7-,14-11-,19-16-,20-17-,24-22-,25-23-,28-26-,31-29-,33-30-,36-34-,41-38-,45-42-. The van der Waals surface area contributed by atoms with Crippen molar-refractivity contribution in [2.45, 2.75) is 187 Å². The second-order valence-electron chi connectivity index (χ2n) is 15.8. The van der Waals surface area contributed by atoms with Crippen molar-refractivity contribution in [1.82, 2.24) is 0 Å². The van der Waals surface area contributed by atoms with E-state index >= 15 is 0 Å². The van der Waals surface area contributed by atoms with Crippen LogP contribution in [0.15, 0.2) is 146 Å². The fraction of sp³-hybridized carbons (Fsp3) is 0.534. The number of hydrogen-bond acceptors (Lipinski definition) is 6. The first-order valence-electron chi connectivity index (χ1n) is 24.9. The fourth-order valence-electron chi connectivity index (χ4n) is 5.97. The van der Waals surface area contributed by atoms with Gasteiger partial charge < -0.3 is 14.2 Å². The van der Waals surface area contributed by atoms with Gasteiger partial charge in [-0.05, 0) is 96.3 Å². The Bertz CT molecular complexity index is 1480. The molecule has 6 heteroatoms. The lowest BCUT2D eigenvalue weighted by Gasteiger charge is -2.18. The Kier molecular flexibility index (Phi) is 47.2. The van der Waals surface area contributed by atoms with Crippen LogP contribution in [-0.2, 0) is 28.6 Å². The highest BCUT2D eigenvalue weighted by Gasteiger charge is 2.19. The van der Waals surface area contributed by atoms with E-state index < -0.39 is 6.10 Å². The van der Waals surface area contributed by atoms with Crippen molar-refractivity contribution in [2.24, 2.45) is 0 Å². The summed E-state index contributed by atoms with van der Waals surface area (Å²) in [7, 11) is 0. The first-order valence-corrected chi connectivity index (χ1v) is 24.9. The summed E-state index contributed by atoms with van der Waals surface area (Å²) in [6.45, 7) is 6.25. The van der Waals surface area contributed by atoms with Crippen molar-refractivity contribution in [3.05, 3.63) is 146 Å². The third-order valence-corrected chi connectivity index (χ3v) is 9.67. The fourth-order valence-corrected chi connectivity index (χ4v) is 5.97. The highest BCUT2D eigenvalue weighted by Crippen LogP contribution is 2.11. The summed E-state index contributed by atoms with van der Waals surface area (Å²) in [5.74, 6) is -1.09. The van der Waals surface area contributed by atoms with Crippen molar-refractivity contribution in [3.63, 3.8) is 0 Å². The number of hydrogen-bond donors (Lipinski definition) is 0. The maximum absolute atomic E-state index is 12.8. The molecule has 0 aliphatic carbocycles. The van der Waals surface area contributed by atoms with E-state index in [1.54, 1.807) is 0 Å². The molecule has 64 heavy (non-hydrogen) atoms. The maximum atomic E-state index is 12.8. The summed E-state index contributed by atoms with van der Waals surface area (Å²) in [6.07, 6.45) is 72.7. The number of allylic oxidation sites excluding steroid dienone is 24. The third-order valence-electron chi connectivity index (χ3n) is 9.67. The molecular weight excluding hydrogens is 793 g/mol. The summed E-state index contributed by atoms with van der Waals surface area (Å²) in [4.78, 5) is 37.8. The smallest absolute Gasteiger partial charge is 0.306 e. The molecule has 0 aromatic heterocycles. The van der Waals surface area contributed by atoms with Gasteiger partial charge in [0.2, 0.25) is 0 Å². The zero-order valence-corrected chi connectivity index (χ0v) is 40.5. The molecule has 0 amide bonds. The van der Waals surface area contributed by atoms with Crippen LogP contribution in [0.25, 0.3) is 0 Å². The molecule has 0 aromatic rings. The zero-order valence-electron chi connectivity index (χ0n) is 40.5. The lowest BCUT2D eigenvalue weighted by molar-refractivity contribution is -0.166. The average Bonchev–Trinajstić information content (AvgIpc) is 3.29. The van der Waals surface area contributed by atoms with Crippen LogP contribution in [0.4, 0.5) is 0 Å². The van der Waals surface area contributed by atoms with Gasteiger partial charge in [-0.15, -0.1) is 0 Å². The highest BCUT2D eigenvalue weighted by atomic mass is 16.6. The quantitative estimate of drug-likeness (QED) is 0.0200. The lowest BCUT2D eigenvalue weighted by atomic mass is 10.1. The van der Waals surface area contributed by atoms with Crippen LogP contribution in [0.5, 0.6) is 0 Å². The van der Waals surface area contributed by atoms with Gasteiger partial charge in [0.1, 0.15) is 13.2 Å². The van der Waals surface area contributed by atoms with Gasteiger partial charge >= 0.3 is 17.9 Å². The minimum absolute atomic E-state index is 0.134. The van der Waals surface area contributed by atoms with Gasteiger partial charge in [0.25, 0.3) is 0 Å². The van der Waals surface area contributed by atoms with Crippen LogP contribution in [-0.4, -0.2) is 37.2 Å². The van der Waals surface area contributed by atoms with Gasteiger partial charge in [0.05, 0.1) is 0 Å². The SMILES string of the molecule is CC/C=C\C/C=C\C/C=C\C/C=C\C/C=C\C/C=C\CCC(=O)OCC(COC(=O)CCC/C=C\CCCCCC)OC(=O)CCCCCCC\C=C/C=C\C=C/C=C\C=C/CCC. The number of carbonyl (C=O) groups is 3. The van der Waals surface area contributed by atoms with E-state index in [4.69, 9.17) is 14.2 Å². The van der Waals surface area contributed by atoms with Crippen molar-refractivity contribution in [2.75, 3.05) is 13.2 Å². The number of unbranched alkanes of at least 4 members (excludes halogenated alkanes) is 11. The van der Waals surface area contributed by atoms with E-state index in [-0.39, 0.29) is 50.4 Å². The number of esters is 3. The predicted molar refractivity (Wildman–Crippen MR) is 274 cm³/mol. The summed E-state index contributed by atoms with van der Waals surface area (Å²) in [5, 5.41) is 0. The molecule has 0 N–H and O–H groups in total. The number of rotatable bonds is 42. The minimum atomic E-state index is -0.838. The topological polar surface area (TPSA) is 78.9 Å². The number of carbonyl (C=O) groups excluding carboxylic acids is 3. The van der Waals surface area contributed by atoms with Crippen LogP contribution < -0.4 is 0 Å². The summed E-state index contributed by atoms with van der Waals surface area (Å²) < 4.78 is 16.6. The second kappa shape index (κ2) is 50.9. The molecule has 0 rings (SSSR count). The van der Waals surface area contributed by atoms with Crippen molar-refractivity contribution in [1.29, 1.82) is 0 Å².